The summed E-state index contributed by atoms with van der Waals surface area (Å²) in [4.78, 5) is 3.68. The van der Waals surface area contributed by atoms with Crippen LogP contribution in [0.25, 0.3) is 82.1 Å². The minimum atomic E-state index is 0.631. The van der Waals surface area contributed by atoms with Crippen LogP contribution in [0.3, 0.4) is 0 Å². The molecule has 2 aromatic heterocycles. The minimum Gasteiger partial charge on any atom is -0.309 e. The summed E-state index contributed by atoms with van der Waals surface area (Å²) in [6.07, 6.45) is 0. The first-order valence-electron chi connectivity index (χ1n) is 15.9. The van der Waals surface area contributed by atoms with Gasteiger partial charge in [0, 0.05) is 27.4 Å². The van der Waals surface area contributed by atoms with Crippen molar-refractivity contribution in [2.45, 2.75) is 0 Å². The van der Waals surface area contributed by atoms with E-state index in [1.165, 1.54) is 10.8 Å². The van der Waals surface area contributed by atoms with Gasteiger partial charge >= 0.3 is 0 Å². The lowest BCUT2D eigenvalue weighted by Crippen LogP contribution is -1.97. The largest absolute Gasteiger partial charge is 0.309 e. The summed E-state index contributed by atoms with van der Waals surface area (Å²) in [6, 6.07) is 56.7. The fourth-order valence-electron chi connectivity index (χ4n) is 7.25. The standard InChI is InChI=1S/C44H26N4/c1-46-32-22-25-44-39(27-32)38-13-5-9-17-43(38)48(44)40-14-6-2-10-35(40)30-20-18-29(19-21-30)34-24-23-33(26-31(34)28-45)47-41-15-7-3-11-36(41)37-12-4-8-16-42(37)47/h2-27H. The van der Waals surface area contributed by atoms with Crippen LogP contribution in [-0.4, -0.2) is 9.13 Å². The van der Waals surface area contributed by atoms with Crippen LogP contribution in [0.1, 0.15) is 5.56 Å². The third-order valence-corrected chi connectivity index (χ3v) is 9.40. The Balaban J connectivity index is 1.14. The molecule has 0 amide bonds. The van der Waals surface area contributed by atoms with Crippen LogP contribution in [0.4, 0.5) is 5.69 Å². The van der Waals surface area contributed by atoms with Crippen LogP contribution in [0.2, 0.25) is 0 Å². The molecule has 0 spiro atoms. The number of benzene rings is 7. The number of nitrogens with zero attached hydrogens (tertiary/aromatic N) is 4. The van der Waals surface area contributed by atoms with E-state index in [1.54, 1.807) is 0 Å². The lowest BCUT2D eigenvalue weighted by Gasteiger charge is -2.15. The van der Waals surface area contributed by atoms with Crippen molar-refractivity contribution < 1.29 is 0 Å². The van der Waals surface area contributed by atoms with Crippen molar-refractivity contribution in [1.29, 1.82) is 5.26 Å². The molecular weight excluding hydrogens is 585 g/mol. The first kappa shape index (κ1) is 27.4. The molecule has 9 aromatic rings. The van der Waals surface area contributed by atoms with Crippen molar-refractivity contribution in [3.05, 3.63) is 175 Å². The van der Waals surface area contributed by atoms with Crippen molar-refractivity contribution in [3.8, 4) is 39.7 Å². The normalized spacial score (nSPS) is 11.3. The molecule has 4 nitrogen and oxygen atoms in total. The van der Waals surface area contributed by atoms with Crippen LogP contribution in [0, 0.1) is 17.9 Å². The lowest BCUT2D eigenvalue weighted by molar-refractivity contribution is 1.18. The zero-order valence-electron chi connectivity index (χ0n) is 25.8. The van der Waals surface area contributed by atoms with Crippen molar-refractivity contribution in [1.82, 2.24) is 9.13 Å². The van der Waals surface area contributed by atoms with Crippen molar-refractivity contribution in [3.63, 3.8) is 0 Å². The molecule has 222 valence electrons. The molecule has 0 aliphatic rings. The van der Waals surface area contributed by atoms with Gasteiger partial charge in [-0.2, -0.15) is 5.26 Å². The summed E-state index contributed by atoms with van der Waals surface area (Å²) in [5, 5.41) is 14.9. The van der Waals surface area contributed by atoms with E-state index in [2.05, 4.69) is 154 Å². The van der Waals surface area contributed by atoms with Crippen LogP contribution in [0.15, 0.2) is 158 Å². The predicted octanol–water partition coefficient (Wildman–Crippen LogP) is 11.6. The molecule has 7 aromatic carbocycles. The van der Waals surface area contributed by atoms with E-state index in [1.807, 2.05) is 24.3 Å². The first-order chi connectivity index (χ1) is 23.7. The van der Waals surface area contributed by atoms with Gasteiger partial charge in [0.2, 0.25) is 0 Å². The maximum atomic E-state index is 10.3. The molecule has 4 heteroatoms. The Bertz CT molecular complexity index is 2750. The highest BCUT2D eigenvalue weighted by atomic mass is 15.0. The zero-order chi connectivity index (χ0) is 32.2. The van der Waals surface area contributed by atoms with E-state index in [0.29, 0.717) is 11.3 Å². The van der Waals surface area contributed by atoms with Gasteiger partial charge in [-0.3, -0.25) is 0 Å². The number of hydrogen-bond donors (Lipinski definition) is 0. The molecule has 0 saturated carbocycles. The summed E-state index contributed by atoms with van der Waals surface area (Å²) in [5.41, 5.74) is 11.8. The van der Waals surface area contributed by atoms with Crippen LogP contribution in [-0.2, 0) is 0 Å². The third-order valence-electron chi connectivity index (χ3n) is 9.40. The molecule has 0 radical (unpaired) electrons. The average molecular weight is 611 g/mol. The summed E-state index contributed by atoms with van der Waals surface area (Å²) in [6.45, 7) is 7.55. The lowest BCUT2D eigenvalue weighted by atomic mass is 9.96. The highest BCUT2D eigenvalue weighted by Gasteiger charge is 2.17. The van der Waals surface area contributed by atoms with Crippen molar-refractivity contribution in [2.24, 2.45) is 0 Å². The molecule has 0 atom stereocenters. The van der Waals surface area contributed by atoms with Crippen LogP contribution in [0.5, 0.6) is 0 Å². The molecule has 0 fully saturated rings. The molecule has 0 aliphatic carbocycles. The highest BCUT2D eigenvalue weighted by molar-refractivity contribution is 6.11. The van der Waals surface area contributed by atoms with Gasteiger partial charge in [0.05, 0.1) is 46.0 Å². The van der Waals surface area contributed by atoms with Crippen LogP contribution >= 0.6 is 0 Å². The second-order valence-electron chi connectivity index (χ2n) is 12.0. The molecular formula is C44H26N4. The van der Waals surface area contributed by atoms with E-state index < -0.39 is 0 Å². The Morgan fingerprint density at radius 1 is 0.479 bits per heavy atom. The van der Waals surface area contributed by atoms with Gasteiger partial charge in [0.1, 0.15) is 0 Å². The van der Waals surface area contributed by atoms with Gasteiger partial charge in [-0.05, 0) is 70.6 Å². The fourth-order valence-corrected chi connectivity index (χ4v) is 7.25. The van der Waals surface area contributed by atoms with E-state index in [9.17, 15) is 5.26 Å². The number of fused-ring (bicyclic) bond motifs is 6. The fraction of sp³-hybridized carbons (Fsp3) is 0. The molecule has 0 aliphatic heterocycles. The predicted molar refractivity (Wildman–Crippen MR) is 197 cm³/mol. The number of aromatic nitrogens is 2. The van der Waals surface area contributed by atoms with Crippen molar-refractivity contribution in [2.75, 3.05) is 0 Å². The molecule has 0 N–H and O–H groups in total. The topological polar surface area (TPSA) is 38.0 Å². The molecule has 0 saturated heterocycles. The number of nitriles is 1. The summed E-state index contributed by atoms with van der Waals surface area (Å²) < 4.78 is 4.54. The SMILES string of the molecule is [C-]#[N+]c1ccc2c(c1)c1ccccc1n2-c1ccccc1-c1ccc(-c2ccc(-n3c4ccccc4c4ccccc43)cc2C#N)cc1. The monoisotopic (exact) mass is 610 g/mol. The summed E-state index contributed by atoms with van der Waals surface area (Å²) >= 11 is 0. The quantitative estimate of drug-likeness (QED) is 0.183. The number of hydrogen-bond acceptors (Lipinski definition) is 1. The van der Waals surface area contributed by atoms with E-state index in [-0.39, 0.29) is 0 Å². The summed E-state index contributed by atoms with van der Waals surface area (Å²) in [5.74, 6) is 0. The third kappa shape index (κ3) is 4.14. The Labute approximate surface area is 277 Å². The Morgan fingerprint density at radius 2 is 1.02 bits per heavy atom. The Hall–Kier alpha value is -6.88. The van der Waals surface area contributed by atoms with Gasteiger partial charge in [0.25, 0.3) is 0 Å². The second-order valence-corrected chi connectivity index (χ2v) is 12.0. The minimum absolute atomic E-state index is 0.631. The van der Waals surface area contributed by atoms with E-state index >= 15 is 0 Å². The van der Waals surface area contributed by atoms with E-state index in [0.717, 1.165) is 66.5 Å². The highest BCUT2D eigenvalue weighted by Crippen LogP contribution is 2.39. The second kappa shape index (κ2) is 10.9. The molecule has 48 heavy (non-hydrogen) atoms. The van der Waals surface area contributed by atoms with Crippen molar-refractivity contribution >= 4 is 49.3 Å². The Morgan fingerprint density at radius 3 is 1.67 bits per heavy atom. The van der Waals surface area contributed by atoms with E-state index in [4.69, 9.17) is 6.57 Å². The molecule has 2 heterocycles. The smallest absolute Gasteiger partial charge is 0.188 e. The van der Waals surface area contributed by atoms with Gasteiger partial charge in [-0.25, -0.2) is 4.85 Å². The first-order valence-corrected chi connectivity index (χ1v) is 15.9. The van der Waals surface area contributed by atoms with Gasteiger partial charge in [0.15, 0.2) is 5.69 Å². The average Bonchev–Trinajstić information content (AvgIpc) is 3.67. The van der Waals surface area contributed by atoms with Gasteiger partial charge < -0.3 is 9.13 Å². The Kier molecular flexibility index (Phi) is 6.22. The molecule has 0 bridgehead atoms. The van der Waals surface area contributed by atoms with Gasteiger partial charge in [-0.1, -0.05) is 109 Å². The molecule has 9 rings (SSSR count). The number of rotatable bonds is 4. The van der Waals surface area contributed by atoms with Gasteiger partial charge in [-0.15, -0.1) is 0 Å². The maximum Gasteiger partial charge on any atom is 0.188 e. The molecule has 0 unspecified atom stereocenters. The zero-order valence-corrected chi connectivity index (χ0v) is 25.8. The number of para-hydroxylation sites is 4. The van der Waals surface area contributed by atoms with Crippen LogP contribution < -0.4 is 0 Å². The summed E-state index contributed by atoms with van der Waals surface area (Å²) in [7, 11) is 0. The maximum absolute atomic E-state index is 10.3.